The molecule has 2 aliphatic rings. The van der Waals surface area contributed by atoms with E-state index in [2.05, 4.69) is 17.4 Å². The molecular weight excluding hydrogens is 330 g/mol. The summed E-state index contributed by atoms with van der Waals surface area (Å²) in [4.78, 5) is 23.9. The molecular formula is C21H29NO4. The summed E-state index contributed by atoms with van der Waals surface area (Å²) >= 11 is 0. The van der Waals surface area contributed by atoms with Crippen LogP contribution in [0.4, 0.5) is 0 Å². The number of nitrogens with one attached hydrogen (secondary N) is 1. The van der Waals surface area contributed by atoms with Crippen molar-refractivity contribution >= 4 is 11.9 Å². The van der Waals surface area contributed by atoms with Crippen LogP contribution in [0.15, 0.2) is 24.3 Å². The first kappa shape index (κ1) is 18.9. The number of benzene rings is 1. The molecule has 2 N–H and O–H groups in total. The molecule has 1 aromatic rings. The second-order valence-corrected chi connectivity index (χ2v) is 7.67. The van der Waals surface area contributed by atoms with Gasteiger partial charge in [-0.15, -0.1) is 0 Å². The Balaban J connectivity index is 1.54. The van der Waals surface area contributed by atoms with Crippen molar-refractivity contribution in [2.45, 2.75) is 82.5 Å². The lowest BCUT2D eigenvalue weighted by molar-refractivity contribution is -0.142. The molecule has 5 heteroatoms. The van der Waals surface area contributed by atoms with Crippen LogP contribution in [0.25, 0.3) is 0 Å². The van der Waals surface area contributed by atoms with Gasteiger partial charge in [-0.05, 0) is 68.9 Å². The third-order valence-corrected chi connectivity index (χ3v) is 5.66. The van der Waals surface area contributed by atoms with Gasteiger partial charge in [-0.25, -0.2) is 4.79 Å². The zero-order chi connectivity index (χ0) is 18.5. The van der Waals surface area contributed by atoms with Gasteiger partial charge in [-0.2, -0.15) is 0 Å². The molecule has 26 heavy (non-hydrogen) atoms. The Bertz CT molecular complexity index is 645. The van der Waals surface area contributed by atoms with E-state index in [1.54, 1.807) is 0 Å². The summed E-state index contributed by atoms with van der Waals surface area (Å²) in [5.74, 6) is -0.947. The average Bonchev–Trinajstić information content (AvgIpc) is 3.05. The van der Waals surface area contributed by atoms with E-state index in [1.165, 1.54) is 11.1 Å². The monoisotopic (exact) mass is 359 g/mol. The summed E-state index contributed by atoms with van der Waals surface area (Å²) in [6.45, 7) is 2.04. The Morgan fingerprint density at radius 3 is 2.81 bits per heavy atom. The Morgan fingerprint density at radius 2 is 2.08 bits per heavy atom. The zero-order valence-corrected chi connectivity index (χ0v) is 15.4. The molecule has 4 atom stereocenters. The van der Waals surface area contributed by atoms with Crippen molar-refractivity contribution in [1.29, 1.82) is 0 Å². The summed E-state index contributed by atoms with van der Waals surface area (Å²) in [6, 6.07) is 7.43. The van der Waals surface area contributed by atoms with E-state index in [1.807, 2.05) is 19.1 Å². The van der Waals surface area contributed by atoms with Crippen LogP contribution in [0.3, 0.4) is 0 Å². The lowest BCUT2D eigenvalue weighted by atomic mass is 9.79. The summed E-state index contributed by atoms with van der Waals surface area (Å²) < 4.78 is 5.73. The van der Waals surface area contributed by atoms with Crippen LogP contribution in [0.2, 0.25) is 0 Å². The molecule has 1 amide bonds. The number of carbonyl (C=O) groups is 2. The molecule has 4 unspecified atom stereocenters. The SMILES string of the molecule is CC1CCC(CCC(=O)NC(CC2CCCc3ccccc32)C(=O)O)O1. The molecule has 3 rings (SSSR count). The van der Waals surface area contributed by atoms with Gasteiger partial charge in [-0.3, -0.25) is 4.79 Å². The van der Waals surface area contributed by atoms with E-state index in [0.29, 0.717) is 19.3 Å². The Hall–Kier alpha value is -1.88. The fourth-order valence-corrected chi connectivity index (χ4v) is 4.26. The molecule has 5 nitrogen and oxygen atoms in total. The van der Waals surface area contributed by atoms with E-state index >= 15 is 0 Å². The van der Waals surface area contributed by atoms with E-state index < -0.39 is 12.0 Å². The highest BCUT2D eigenvalue weighted by atomic mass is 16.5. The van der Waals surface area contributed by atoms with Gasteiger partial charge in [0.15, 0.2) is 0 Å². The average molecular weight is 359 g/mol. The number of aryl methyl sites for hydroxylation is 1. The first-order valence-electron chi connectivity index (χ1n) is 9.78. The Morgan fingerprint density at radius 1 is 1.27 bits per heavy atom. The minimum atomic E-state index is -0.952. The second kappa shape index (κ2) is 8.67. The number of rotatable bonds is 7. The lowest BCUT2D eigenvalue weighted by Crippen LogP contribution is -2.42. The molecule has 0 saturated carbocycles. The summed E-state index contributed by atoms with van der Waals surface area (Å²) in [5.41, 5.74) is 2.55. The number of hydrogen-bond donors (Lipinski definition) is 2. The third-order valence-electron chi connectivity index (χ3n) is 5.66. The molecule has 1 fully saturated rings. The standard InChI is InChI=1S/C21H29NO4/c1-14-9-10-17(26-14)11-12-20(23)22-19(21(24)25)13-16-7-4-6-15-5-2-3-8-18(15)16/h2-3,5,8,14,16-17,19H,4,6-7,9-13H2,1H3,(H,22,23)(H,24,25). The number of carboxylic acid groups (broad SMARTS) is 1. The number of carbonyl (C=O) groups excluding carboxylic acids is 1. The topological polar surface area (TPSA) is 75.6 Å². The molecule has 0 aromatic heterocycles. The number of fused-ring (bicyclic) bond motifs is 1. The fraction of sp³-hybridized carbons (Fsp3) is 0.619. The van der Waals surface area contributed by atoms with Crippen molar-refractivity contribution in [3.63, 3.8) is 0 Å². The minimum absolute atomic E-state index is 0.129. The lowest BCUT2D eigenvalue weighted by Gasteiger charge is -2.28. The van der Waals surface area contributed by atoms with Gasteiger partial charge in [0.05, 0.1) is 12.2 Å². The number of ether oxygens (including phenoxy) is 1. The highest BCUT2D eigenvalue weighted by molar-refractivity contribution is 5.83. The molecule has 0 spiro atoms. The highest BCUT2D eigenvalue weighted by Crippen LogP contribution is 2.34. The Kier molecular flexibility index (Phi) is 6.30. The van der Waals surface area contributed by atoms with Crippen molar-refractivity contribution < 1.29 is 19.4 Å². The van der Waals surface area contributed by atoms with Gasteiger partial charge in [0.1, 0.15) is 6.04 Å². The minimum Gasteiger partial charge on any atom is -0.480 e. The summed E-state index contributed by atoms with van der Waals surface area (Å²) in [6.07, 6.45) is 6.94. The van der Waals surface area contributed by atoms with Crippen LogP contribution in [0.5, 0.6) is 0 Å². The zero-order valence-electron chi connectivity index (χ0n) is 15.4. The summed E-state index contributed by atoms with van der Waals surface area (Å²) in [5, 5.41) is 12.3. The molecule has 0 bridgehead atoms. The normalized spacial score (nSPS) is 26.1. The molecule has 142 valence electrons. The van der Waals surface area contributed by atoms with Crippen LogP contribution < -0.4 is 5.32 Å². The van der Waals surface area contributed by atoms with Crippen molar-refractivity contribution in [2.24, 2.45) is 0 Å². The predicted octanol–water partition coefficient (Wildman–Crippen LogP) is 3.41. The van der Waals surface area contributed by atoms with Crippen LogP contribution in [-0.4, -0.2) is 35.2 Å². The van der Waals surface area contributed by atoms with E-state index in [-0.39, 0.29) is 24.0 Å². The molecule has 1 aliphatic carbocycles. The molecule has 0 radical (unpaired) electrons. The van der Waals surface area contributed by atoms with Gasteiger partial charge < -0.3 is 15.2 Å². The maximum absolute atomic E-state index is 12.3. The van der Waals surface area contributed by atoms with E-state index in [0.717, 1.165) is 32.1 Å². The first-order chi connectivity index (χ1) is 12.5. The van der Waals surface area contributed by atoms with Crippen LogP contribution in [-0.2, 0) is 20.7 Å². The van der Waals surface area contributed by atoms with E-state index in [9.17, 15) is 14.7 Å². The van der Waals surface area contributed by atoms with Gasteiger partial charge >= 0.3 is 5.97 Å². The van der Waals surface area contributed by atoms with Crippen molar-refractivity contribution in [1.82, 2.24) is 5.32 Å². The molecule has 1 saturated heterocycles. The van der Waals surface area contributed by atoms with Crippen molar-refractivity contribution in [3.8, 4) is 0 Å². The largest absolute Gasteiger partial charge is 0.480 e. The van der Waals surface area contributed by atoms with Crippen LogP contribution >= 0.6 is 0 Å². The smallest absolute Gasteiger partial charge is 0.326 e. The first-order valence-corrected chi connectivity index (χ1v) is 9.78. The van der Waals surface area contributed by atoms with Crippen LogP contribution in [0.1, 0.15) is 68.9 Å². The van der Waals surface area contributed by atoms with Crippen molar-refractivity contribution in [2.75, 3.05) is 0 Å². The Labute approximate surface area is 155 Å². The predicted molar refractivity (Wildman–Crippen MR) is 99.1 cm³/mol. The van der Waals surface area contributed by atoms with Gasteiger partial charge in [0.25, 0.3) is 0 Å². The number of carboxylic acids is 1. The molecule has 1 aliphatic heterocycles. The molecule has 1 aromatic carbocycles. The number of amides is 1. The quantitative estimate of drug-likeness (QED) is 0.782. The molecule has 1 heterocycles. The van der Waals surface area contributed by atoms with Gasteiger partial charge in [0.2, 0.25) is 5.91 Å². The maximum Gasteiger partial charge on any atom is 0.326 e. The maximum atomic E-state index is 12.3. The third kappa shape index (κ3) is 4.85. The highest BCUT2D eigenvalue weighted by Gasteiger charge is 2.28. The number of hydrogen-bond acceptors (Lipinski definition) is 3. The fourth-order valence-electron chi connectivity index (χ4n) is 4.26. The van der Waals surface area contributed by atoms with Gasteiger partial charge in [0, 0.05) is 6.42 Å². The van der Waals surface area contributed by atoms with E-state index in [4.69, 9.17) is 4.74 Å². The summed E-state index contributed by atoms with van der Waals surface area (Å²) in [7, 11) is 0. The van der Waals surface area contributed by atoms with Gasteiger partial charge in [-0.1, -0.05) is 24.3 Å². The second-order valence-electron chi connectivity index (χ2n) is 7.67. The van der Waals surface area contributed by atoms with Crippen molar-refractivity contribution in [3.05, 3.63) is 35.4 Å². The number of aliphatic carboxylic acids is 1. The van der Waals surface area contributed by atoms with Crippen LogP contribution in [0, 0.1) is 0 Å².